The van der Waals surface area contributed by atoms with E-state index in [2.05, 4.69) is 97.1 Å². The molecule has 0 amide bonds. The van der Waals surface area contributed by atoms with Crippen molar-refractivity contribution in [2.24, 2.45) is 0 Å². The number of ether oxygens (including phenoxy) is 1. The Bertz CT molecular complexity index is 1740. The molecular formula is C35H26O2. The van der Waals surface area contributed by atoms with Crippen molar-refractivity contribution < 1.29 is 9.84 Å². The van der Waals surface area contributed by atoms with E-state index in [-0.39, 0.29) is 11.7 Å². The highest BCUT2D eigenvalue weighted by Gasteiger charge is 2.46. The molecule has 1 heterocycles. The van der Waals surface area contributed by atoms with Gasteiger partial charge < -0.3 is 9.84 Å². The molecule has 6 aromatic carbocycles. The van der Waals surface area contributed by atoms with E-state index >= 15 is 0 Å². The maximum absolute atomic E-state index is 11.8. The number of benzene rings is 6. The zero-order valence-electron chi connectivity index (χ0n) is 20.3. The summed E-state index contributed by atoms with van der Waals surface area (Å²) >= 11 is 0. The molecular weight excluding hydrogens is 452 g/mol. The summed E-state index contributed by atoms with van der Waals surface area (Å²) < 4.78 is 7.23. The highest BCUT2D eigenvalue weighted by Crippen LogP contribution is 2.55. The summed E-state index contributed by atoms with van der Waals surface area (Å²) in [7, 11) is 0. The van der Waals surface area contributed by atoms with E-state index in [0.717, 1.165) is 38.4 Å². The number of fused-ring (bicyclic) bond motifs is 4. The quantitative estimate of drug-likeness (QED) is 0.276. The maximum atomic E-state index is 11.8. The Hall–Kier alpha value is -4.56. The van der Waals surface area contributed by atoms with Gasteiger partial charge in [0.15, 0.2) is 5.60 Å². The third-order valence-corrected chi connectivity index (χ3v) is 7.83. The van der Waals surface area contributed by atoms with Crippen molar-refractivity contribution in [3.8, 4) is 11.5 Å². The van der Waals surface area contributed by atoms with Gasteiger partial charge in [-0.15, -0.1) is 0 Å². The molecule has 0 saturated carbocycles. The molecule has 7 rings (SSSR count). The van der Waals surface area contributed by atoms with Crippen molar-refractivity contribution in [3.05, 3.63) is 156 Å². The molecule has 0 spiro atoms. The van der Waals surface area contributed by atoms with Crippen LogP contribution >= 0.6 is 0 Å². The third-order valence-electron chi connectivity index (χ3n) is 7.83. The van der Waals surface area contributed by atoms with Crippen LogP contribution in [-0.2, 0) is 5.60 Å². The number of phenols is 1. The van der Waals surface area contributed by atoms with Crippen molar-refractivity contribution in [2.45, 2.75) is 17.9 Å². The molecule has 2 heteroatoms. The fourth-order valence-corrected chi connectivity index (χ4v) is 6.03. The van der Waals surface area contributed by atoms with Gasteiger partial charge in [-0.1, -0.05) is 133 Å². The summed E-state index contributed by atoms with van der Waals surface area (Å²) in [5, 5.41) is 15.8. The minimum atomic E-state index is -0.882. The Labute approximate surface area is 216 Å². The third kappa shape index (κ3) is 3.41. The predicted octanol–water partition coefficient (Wildman–Crippen LogP) is 8.56. The molecule has 0 radical (unpaired) electrons. The summed E-state index contributed by atoms with van der Waals surface area (Å²) in [6.45, 7) is 0. The average Bonchev–Trinajstić information content (AvgIpc) is 2.98. The molecule has 178 valence electrons. The van der Waals surface area contributed by atoms with E-state index in [1.807, 2.05) is 36.4 Å². The van der Waals surface area contributed by atoms with Crippen LogP contribution in [0.3, 0.4) is 0 Å². The van der Waals surface area contributed by atoms with E-state index < -0.39 is 5.60 Å². The highest BCUT2D eigenvalue weighted by atomic mass is 16.5. The molecule has 0 unspecified atom stereocenters. The molecule has 0 fully saturated rings. The molecule has 6 aromatic rings. The predicted molar refractivity (Wildman–Crippen MR) is 150 cm³/mol. The minimum Gasteiger partial charge on any atom is -0.507 e. The van der Waals surface area contributed by atoms with Gasteiger partial charge in [-0.25, -0.2) is 0 Å². The molecule has 0 saturated heterocycles. The molecule has 1 aliphatic heterocycles. The number of aromatic hydroxyl groups is 1. The van der Waals surface area contributed by atoms with Crippen LogP contribution in [0.2, 0.25) is 0 Å². The standard InChI is InChI=1S/C35H26O2/c36-33-28-17-9-7-13-25(28)20-22-32(33)35(27-15-5-2-6-16-27)23-31(24-11-3-1-4-12-24)30-21-19-26-14-8-10-18-29(26)34(30)37-35/h1-22,31,36H,23H2/t31-,35-/m0/s1. The van der Waals surface area contributed by atoms with Crippen LogP contribution in [0.1, 0.15) is 34.6 Å². The van der Waals surface area contributed by atoms with E-state index in [9.17, 15) is 5.11 Å². The second-order valence-corrected chi connectivity index (χ2v) is 9.85. The van der Waals surface area contributed by atoms with E-state index in [1.165, 1.54) is 11.1 Å². The molecule has 1 N–H and O–H groups in total. The van der Waals surface area contributed by atoms with Gasteiger partial charge in [0.25, 0.3) is 0 Å². The van der Waals surface area contributed by atoms with E-state index in [4.69, 9.17) is 4.74 Å². The lowest BCUT2D eigenvalue weighted by atomic mass is 9.71. The first-order valence-corrected chi connectivity index (χ1v) is 12.8. The zero-order chi connectivity index (χ0) is 24.8. The Morgan fingerprint density at radius 3 is 1.95 bits per heavy atom. The first-order chi connectivity index (χ1) is 18.2. The van der Waals surface area contributed by atoms with Crippen molar-refractivity contribution in [2.75, 3.05) is 0 Å². The lowest BCUT2D eigenvalue weighted by Crippen LogP contribution is -2.40. The van der Waals surface area contributed by atoms with Gasteiger partial charge in [0.05, 0.1) is 0 Å². The fourth-order valence-electron chi connectivity index (χ4n) is 6.03. The molecule has 0 aromatic heterocycles. The van der Waals surface area contributed by atoms with Gasteiger partial charge in [0.2, 0.25) is 0 Å². The second-order valence-electron chi connectivity index (χ2n) is 9.85. The second kappa shape index (κ2) is 8.53. The van der Waals surface area contributed by atoms with Crippen LogP contribution in [0.25, 0.3) is 21.5 Å². The highest BCUT2D eigenvalue weighted by molar-refractivity contribution is 5.92. The average molecular weight is 479 g/mol. The molecule has 2 atom stereocenters. The summed E-state index contributed by atoms with van der Waals surface area (Å²) in [4.78, 5) is 0. The van der Waals surface area contributed by atoms with Crippen LogP contribution < -0.4 is 4.74 Å². The number of phenolic OH excluding ortho intramolecular Hbond substituents is 1. The summed E-state index contributed by atoms with van der Waals surface area (Å²) in [5.74, 6) is 1.24. The fraction of sp³-hybridized carbons (Fsp3) is 0.0857. The lowest BCUT2D eigenvalue weighted by Gasteiger charge is -2.44. The summed E-state index contributed by atoms with van der Waals surface area (Å²) in [6.07, 6.45) is 0.665. The van der Waals surface area contributed by atoms with Crippen molar-refractivity contribution in [3.63, 3.8) is 0 Å². The molecule has 0 bridgehead atoms. The Morgan fingerprint density at radius 2 is 1.19 bits per heavy atom. The monoisotopic (exact) mass is 478 g/mol. The maximum Gasteiger partial charge on any atom is 0.164 e. The van der Waals surface area contributed by atoms with Crippen LogP contribution in [0.5, 0.6) is 11.5 Å². The number of rotatable bonds is 3. The van der Waals surface area contributed by atoms with E-state index in [0.29, 0.717) is 6.42 Å². The Balaban J connectivity index is 1.57. The molecule has 0 aliphatic carbocycles. The summed E-state index contributed by atoms with van der Waals surface area (Å²) in [5.41, 5.74) is 3.35. The van der Waals surface area contributed by atoms with Crippen LogP contribution in [0, 0.1) is 0 Å². The van der Waals surface area contributed by atoms with Crippen LogP contribution in [0.4, 0.5) is 0 Å². The first kappa shape index (κ1) is 21.7. The minimum absolute atomic E-state index is 0.0839. The van der Waals surface area contributed by atoms with Gasteiger partial charge in [0, 0.05) is 39.8 Å². The first-order valence-electron chi connectivity index (χ1n) is 12.8. The molecule has 1 aliphatic rings. The van der Waals surface area contributed by atoms with Gasteiger partial charge in [-0.05, 0) is 16.3 Å². The van der Waals surface area contributed by atoms with Gasteiger partial charge in [-0.2, -0.15) is 0 Å². The van der Waals surface area contributed by atoms with Gasteiger partial charge in [-0.3, -0.25) is 0 Å². The van der Waals surface area contributed by atoms with Crippen molar-refractivity contribution in [1.82, 2.24) is 0 Å². The molecule has 37 heavy (non-hydrogen) atoms. The SMILES string of the molecule is Oc1c([C@@]2(c3ccccc3)C[C@@H](c3ccccc3)c3ccc4ccccc4c3O2)ccc2ccccc12. The van der Waals surface area contributed by atoms with E-state index in [1.54, 1.807) is 0 Å². The largest absolute Gasteiger partial charge is 0.507 e. The smallest absolute Gasteiger partial charge is 0.164 e. The Kier molecular flexibility index (Phi) is 5.00. The van der Waals surface area contributed by atoms with Crippen molar-refractivity contribution in [1.29, 1.82) is 0 Å². The zero-order valence-corrected chi connectivity index (χ0v) is 20.3. The summed E-state index contributed by atoms with van der Waals surface area (Å²) in [6, 6.07) is 45.9. The van der Waals surface area contributed by atoms with Crippen LogP contribution in [-0.4, -0.2) is 5.11 Å². The normalized spacial score (nSPS) is 18.9. The number of hydrogen-bond acceptors (Lipinski definition) is 2. The Morgan fingerprint density at radius 1 is 0.595 bits per heavy atom. The number of hydrogen-bond donors (Lipinski definition) is 1. The van der Waals surface area contributed by atoms with Gasteiger partial charge in [0.1, 0.15) is 11.5 Å². The van der Waals surface area contributed by atoms with Gasteiger partial charge >= 0.3 is 0 Å². The topological polar surface area (TPSA) is 29.5 Å². The van der Waals surface area contributed by atoms with Crippen LogP contribution in [0.15, 0.2) is 133 Å². The lowest BCUT2D eigenvalue weighted by molar-refractivity contribution is 0.0774. The molecule has 2 nitrogen and oxygen atoms in total. The van der Waals surface area contributed by atoms with Crippen molar-refractivity contribution >= 4 is 21.5 Å².